The Bertz CT molecular complexity index is 1030. The summed E-state index contributed by atoms with van der Waals surface area (Å²) >= 11 is 0. The van der Waals surface area contributed by atoms with Gasteiger partial charge >= 0.3 is 0 Å². The predicted octanol–water partition coefficient (Wildman–Crippen LogP) is 3.38. The van der Waals surface area contributed by atoms with Crippen molar-refractivity contribution < 1.29 is 18.7 Å². The van der Waals surface area contributed by atoms with Crippen molar-refractivity contribution in [2.75, 3.05) is 17.2 Å². The fourth-order valence-corrected chi connectivity index (χ4v) is 2.78. The molecule has 148 valence electrons. The van der Waals surface area contributed by atoms with Crippen LogP contribution in [0.1, 0.15) is 12.8 Å². The second-order valence-electron chi connectivity index (χ2n) is 6.75. The lowest BCUT2D eigenvalue weighted by atomic mass is 10.2. The Balaban J connectivity index is 1.32. The summed E-state index contributed by atoms with van der Waals surface area (Å²) < 4.78 is 21.1. The van der Waals surface area contributed by atoms with Crippen LogP contribution in [0.15, 0.2) is 60.9 Å². The minimum Gasteiger partial charge on any atom is -0.484 e. The highest BCUT2D eigenvalue weighted by Gasteiger charge is 2.29. The van der Waals surface area contributed by atoms with Crippen LogP contribution in [0.5, 0.6) is 5.75 Å². The van der Waals surface area contributed by atoms with E-state index >= 15 is 0 Å². The molecule has 7 nitrogen and oxygen atoms in total. The zero-order valence-electron chi connectivity index (χ0n) is 15.5. The Hall–Kier alpha value is -3.68. The van der Waals surface area contributed by atoms with Gasteiger partial charge in [0.05, 0.1) is 0 Å². The molecule has 2 aromatic carbocycles. The smallest absolute Gasteiger partial charge is 0.262 e. The number of halogens is 1. The van der Waals surface area contributed by atoms with Gasteiger partial charge in [0.1, 0.15) is 11.4 Å². The number of carbonyl (C=O) groups is 2. The summed E-state index contributed by atoms with van der Waals surface area (Å²) in [6.07, 6.45) is 5.03. The fraction of sp³-hybridized carbons (Fsp3) is 0.190. The molecule has 1 aliphatic carbocycles. The lowest BCUT2D eigenvalue weighted by Crippen LogP contribution is -2.20. The van der Waals surface area contributed by atoms with E-state index in [9.17, 15) is 14.0 Å². The van der Waals surface area contributed by atoms with Crippen molar-refractivity contribution >= 4 is 23.2 Å². The largest absolute Gasteiger partial charge is 0.484 e. The first kappa shape index (κ1) is 18.7. The first-order valence-electron chi connectivity index (χ1n) is 9.21. The lowest BCUT2D eigenvalue weighted by molar-refractivity contribution is -0.118. The molecule has 0 bridgehead atoms. The lowest BCUT2D eigenvalue weighted by Gasteiger charge is -2.10. The van der Waals surface area contributed by atoms with Crippen LogP contribution in [0.2, 0.25) is 0 Å². The van der Waals surface area contributed by atoms with Crippen LogP contribution in [0, 0.1) is 11.7 Å². The molecule has 0 radical (unpaired) electrons. The van der Waals surface area contributed by atoms with Crippen molar-refractivity contribution in [3.05, 3.63) is 66.7 Å². The summed E-state index contributed by atoms with van der Waals surface area (Å²) in [5.74, 6) is -0.380. The molecule has 4 rings (SSSR count). The third-order valence-electron chi connectivity index (χ3n) is 4.40. The standard InChI is InChI=1S/C21H19FN4O3/c22-18-12-16(7-8-19(18)26-10-2-9-23-26)24-20(27)13-29-17-4-1-3-15(11-17)25-21(28)14-5-6-14/h1-4,7-12,14H,5-6,13H2,(H,24,27)(H,25,28). The van der Waals surface area contributed by atoms with E-state index in [0.29, 0.717) is 17.1 Å². The Morgan fingerprint density at radius 2 is 1.93 bits per heavy atom. The maximum atomic E-state index is 14.2. The average molecular weight is 394 g/mol. The Kier molecular flexibility index (Phi) is 5.24. The summed E-state index contributed by atoms with van der Waals surface area (Å²) in [6, 6.07) is 12.9. The van der Waals surface area contributed by atoms with E-state index in [2.05, 4.69) is 15.7 Å². The number of rotatable bonds is 7. The summed E-state index contributed by atoms with van der Waals surface area (Å²) in [5, 5.41) is 9.40. The molecule has 2 N–H and O–H groups in total. The number of ether oxygens (including phenoxy) is 1. The van der Waals surface area contributed by atoms with Crippen molar-refractivity contribution in [3.63, 3.8) is 0 Å². The minimum atomic E-state index is -0.508. The minimum absolute atomic E-state index is 0.000443. The van der Waals surface area contributed by atoms with Gasteiger partial charge in [-0.3, -0.25) is 9.59 Å². The van der Waals surface area contributed by atoms with Gasteiger partial charge < -0.3 is 15.4 Å². The van der Waals surface area contributed by atoms with Gasteiger partial charge in [0.15, 0.2) is 12.4 Å². The van der Waals surface area contributed by atoms with Crippen molar-refractivity contribution in [1.82, 2.24) is 9.78 Å². The summed E-state index contributed by atoms with van der Waals surface area (Å²) in [4.78, 5) is 24.0. The number of aromatic nitrogens is 2. The SMILES string of the molecule is O=C(COc1cccc(NC(=O)C2CC2)c1)Nc1ccc(-n2cccn2)c(F)c1. The highest BCUT2D eigenvalue weighted by Crippen LogP contribution is 2.30. The van der Waals surface area contributed by atoms with E-state index in [0.717, 1.165) is 12.8 Å². The molecule has 3 aromatic rings. The third kappa shape index (κ3) is 4.78. The molecular weight excluding hydrogens is 375 g/mol. The van der Waals surface area contributed by atoms with E-state index in [1.165, 1.54) is 16.8 Å². The van der Waals surface area contributed by atoms with E-state index in [4.69, 9.17) is 4.74 Å². The van der Waals surface area contributed by atoms with Crippen LogP contribution >= 0.6 is 0 Å². The molecule has 1 aromatic heterocycles. The molecule has 2 amide bonds. The number of hydrogen-bond acceptors (Lipinski definition) is 4. The third-order valence-corrected chi connectivity index (χ3v) is 4.40. The average Bonchev–Trinajstić information content (AvgIpc) is 3.42. The van der Waals surface area contributed by atoms with Gasteiger partial charge in [-0.05, 0) is 49.2 Å². The van der Waals surface area contributed by atoms with E-state index in [-0.39, 0.29) is 24.1 Å². The first-order chi connectivity index (χ1) is 14.1. The number of carbonyl (C=O) groups excluding carboxylic acids is 2. The van der Waals surface area contributed by atoms with Crippen LogP contribution in [-0.4, -0.2) is 28.2 Å². The molecule has 8 heteroatoms. The van der Waals surface area contributed by atoms with Gasteiger partial charge in [0.25, 0.3) is 5.91 Å². The summed E-state index contributed by atoms with van der Waals surface area (Å²) in [7, 11) is 0. The predicted molar refractivity (Wildman–Crippen MR) is 105 cm³/mol. The molecule has 0 aliphatic heterocycles. The molecule has 1 aliphatic rings. The highest BCUT2D eigenvalue weighted by molar-refractivity contribution is 5.94. The van der Waals surface area contributed by atoms with Crippen LogP contribution < -0.4 is 15.4 Å². The number of benzene rings is 2. The molecule has 0 saturated heterocycles. The van der Waals surface area contributed by atoms with E-state index in [1.54, 1.807) is 48.8 Å². The maximum absolute atomic E-state index is 14.2. The molecule has 1 fully saturated rings. The highest BCUT2D eigenvalue weighted by atomic mass is 19.1. The first-order valence-corrected chi connectivity index (χ1v) is 9.21. The van der Waals surface area contributed by atoms with Crippen molar-refractivity contribution in [2.24, 2.45) is 5.92 Å². The number of hydrogen-bond donors (Lipinski definition) is 2. The number of amides is 2. The van der Waals surface area contributed by atoms with Crippen LogP contribution in [-0.2, 0) is 9.59 Å². The second-order valence-corrected chi connectivity index (χ2v) is 6.75. The summed E-state index contributed by atoms with van der Waals surface area (Å²) in [5.41, 5.74) is 1.22. The second kappa shape index (κ2) is 8.14. The topological polar surface area (TPSA) is 85.2 Å². The molecule has 0 unspecified atom stereocenters. The monoisotopic (exact) mass is 394 g/mol. The van der Waals surface area contributed by atoms with Crippen molar-refractivity contribution in [1.29, 1.82) is 0 Å². The summed E-state index contributed by atoms with van der Waals surface area (Å²) in [6.45, 7) is -0.247. The van der Waals surface area contributed by atoms with Gasteiger partial charge in [-0.1, -0.05) is 6.07 Å². The number of anilines is 2. The number of nitrogens with one attached hydrogen (secondary N) is 2. The molecule has 0 atom stereocenters. The van der Waals surface area contributed by atoms with Gasteiger partial charge in [0.2, 0.25) is 5.91 Å². The van der Waals surface area contributed by atoms with Crippen LogP contribution in [0.4, 0.5) is 15.8 Å². The maximum Gasteiger partial charge on any atom is 0.262 e. The van der Waals surface area contributed by atoms with Gasteiger partial charge in [-0.25, -0.2) is 9.07 Å². The normalized spacial score (nSPS) is 13.0. The van der Waals surface area contributed by atoms with Gasteiger partial charge in [0, 0.05) is 35.8 Å². The fourth-order valence-electron chi connectivity index (χ4n) is 2.78. The molecular formula is C21H19FN4O3. The van der Waals surface area contributed by atoms with Crippen molar-refractivity contribution in [2.45, 2.75) is 12.8 Å². The number of nitrogens with zero attached hydrogens (tertiary/aromatic N) is 2. The molecule has 29 heavy (non-hydrogen) atoms. The molecule has 1 heterocycles. The van der Waals surface area contributed by atoms with Crippen molar-refractivity contribution in [3.8, 4) is 11.4 Å². The quantitative estimate of drug-likeness (QED) is 0.643. The van der Waals surface area contributed by atoms with Gasteiger partial charge in [-0.2, -0.15) is 5.10 Å². The Labute approximate surface area is 166 Å². The zero-order chi connectivity index (χ0) is 20.2. The molecule has 1 saturated carbocycles. The van der Waals surface area contributed by atoms with Crippen LogP contribution in [0.3, 0.4) is 0 Å². The zero-order valence-corrected chi connectivity index (χ0v) is 15.5. The van der Waals surface area contributed by atoms with E-state index < -0.39 is 11.7 Å². The Morgan fingerprint density at radius 1 is 1.10 bits per heavy atom. The molecule has 0 spiro atoms. The Morgan fingerprint density at radius 3 is 2.66 bits per heavy atom. The van der Waals surface area contributed by atoms with Gasteiger partial charge in [-0.15, -0.1) is 0 Å². The van der Waals surface area contributed by atoms with Crippen LogP contribution in [0.25, 0.3) is 5.69 Å². The van der Waals surface area contributed by atoms with E-state index in [1.807, 2.05) is 0 Å².